The molecule has 6 nitrogen and oxygen atoms in total. The zero-order valence-corrected chi connectivity index (χ0v) is 11.7. The Morgan fingerprint density at radius 2 is 2.15 bits per heavy atom. The summed E-state index contributed by atoms with van der Waals surface area (Å²) in [7, 11) is 0. The van der Waals surface area contributed by atoms with Gasteiger partial charge >= 0.3 is 0 Å². The molecular formula is C14H18N6. The lowest BCUT2D eigenvalue weighted by Crippen LogP contribution is -2.18. The zero-order chi connectivity index (χ0) is 13.9. The largest absolute Gasteiger partial charge is 0.312 e. The number of hydrogen-bond acceptors (Lipinski definition) is 4. The fourth-order valence-corrected chi connectivity index (χ4v) is 2.31. The minimum atomic E-state index is 0.824. The topological polar surface area (TPSA) is 70.9 Å². The molecule has 0 aliphatic heterocycles. The van der Waals surface area contributed by atoms with E-state index in [1.165, 1.54) is 5.56 Å². The Morgan fingerprint density at radius 1 is 1.25 bits per heavy atom. The molecule has 0 spiro atoms. The van der Waals surface area contributed by atoms with Crippen molar-refractivity contribution < 1.29 is 0 Å². The molecule has 0 aromatic carbocycles. The number of hydrogen-bond donors (Lipinski definition) is 2. The summed E-state index contributed by atoms with van der Waals surface area (Å²) >= 11 is 0. The molecule has 0 bridgehead atoms. The van der Waals surface area contributed by atoms with Gasteiger partial charge in [-0.2, -0.15) is 5.10 Å². The van der Waals surface area contributed by atoms with Crippen molar-refractivity contribution in [3.63, 3.8) is 0 Å². The molecule has 0 amide bonds. The van der Waals surface area contributed by atoms with Gasteiger partial charge in [-0.3, -0.25) is 9.50 Å². The second kappa shape index (κ2) is 5.42. The first-order valence-corrected chi connectivity index (χ1v) is 6.75. The lowest BCUT2D eigenvalue weighted by Gasteiger charge is -2.04. The van der Waals surface area contributed by atoms with E-state index in [2.05, 4.69) is 25.7 Å². The third-order valence-electron chi connectivity index (χ3n) is 3.49. The molecular weight excluding hydrogens is 252 g/mol. The highest BCUT2D eigenvalue weighted by Gasteiger charge is 2.06. The van der Waals surface area contributed by atoms with Crippen LogP contribution >= 0.6 is 0 Å². The van der Waals surface area contributed by atoms with Crippen molar-refractivity contribution in [1.29, 1.82) is 0 Å². The second-order valence-corrected chi connectivity index (χ2v) is 4.88. The molecule has 20 heavy (non-hydrogen) atoms. The number of rotatable bonds is 5. The molecule has 0 saturated heterocycles. The number of nitrogens with zero attached hydrogens (tertiary/aromatic N) is 4. The summed E-state index contributed by atoms with van der Waals surface area (Å²) in [6, 6.07) is 5.92. The van der Waals surface area contributed by atoms with Crippen LogP contribution in [-0.2, 0) is 13.0 Å². The molecule has 0 radical (unpaired) electrons. The summed E-state index contributed by atoms with van der Waals surface area (Å²) in [5, 5.41) is 19.0. The van der Waals surface area contributed by atoms with Crippen LogP contribution in [0.25, 0.3) is 5.65 Å². The first kappa shape index (κ1) is 12.8. The van der Waals surface area contributed by atoms with E-state index < -0.39 is 0 Å². The van der Waals surface area contributed by atoms with Crippen LogP contribution < -0.4 is 5.32 Å². The second-order valence-electron chi connectivity index (χ2n) is 4.88. The molecule has 3 rings (SSSR count). The average molecular weight is 270 g/mol. The van der Waals surface area contributed by atoms with Crippen molar-refractivity contribution in [2.75, 3.05) is 6.54 Å². The number of nitrogens with one attached hydrogen (secondary N) is 2. The zero-order valence-electron chi connectivity index (χ0n) is 11.7. The highest BCUT2D eigenvalue weighted by atomic mass is 15.2. The third kappa shape index (κ3) is 2.42. The van der Waals surface area contributed by atoms with E-state index in [0.29, 0.717) is 0 Å². The molecule has 0 unspecified atom stereocenters. The number of fused-ring (bicyclic) bond motifs is 1. The smallest absolute Gasteiger partial charge is 0.160 e. The summed E-state index contributed by atoms with van der Waals surface area (Å²) in [5.74, 6) is 0.980. The van der Waals surface area contributed by atoms with Gasteiger partial charge in [0, 0.05) is 37.0 Å². The quantitative estimate of drug-likeness (QED) is 0.688. The van der Waals surface area contributed by atoms with Gasteiger partial charge in [0.25, 0.3) is 0 Å². The summed E-state index contributed by atoms with van der Waals surface area (Å²) in [6.07, 6.45) is 2.84. The van der Waals surface area contributed by atoms with Crippen LogP contribution in [0.15, 0.2) is 24.4 Å². The predicted octanol–water partition coefficient (Wildman–Crippen LogP) is 1.40. The van der Waals surface area contributed by atoms with E-state index in [9.17, 15) is 0 Å². The predicted molar refractivity (Wildman–Crippen MR) is 76.5 cm³/mol. The van der Waals surface area contributed by atoms with Gasteiger partial charge in [-0.05, 0) is 26.0 Å². The monoisotopic (exact) mass is 270 g/mol. The lowest BCUT2D eigenvalue weighted by atomic mass is 10.2. The standard InChI is InChI=1S/C14H18N6/c1-10-12(11(2)17-16-10)9-15-7-6-14-19-18-13-5-3-4-8-20(13)14/h3-5,8,15H,6-7,9H2,1-2H3,(H,16,17). The van der Waals surface area contributed by atoms with Crippen molar-refractivity contribution in [1.82, 2.24) is 30.1 Å². The lowest BCUT2D eigenvalue weighted by molar-refractivity contribution is 0.663. The van der Waals surface area contributed by atoms with Crippen molar-refractivity contribution in [2.45, 2.75) is 26.8 Å². The SMILES string of the molecule is Cc1n[nH]c(C)c1CNCCc1nnc2ccccn12. The molecule has 3 heterocycles. The maximum absolute atomic E-state index is 4.22. The van der Waals surface area contributed by atoms with Gasteiger partial charge in [0.1, 0.15) is 5.82 Å². The highest BCUT2D eigenvalue weighted by molar-refractivity contribution is 5.37. The first-order valence-electron chi connectivity index (χ1n) is 6.75. The Labute approximate surface area is 117 Å². The average Bonchev–Trinajstić information content (AvgIpc) is 3.01. The maximum Gasteiger partial charge on any atom is 0.160 e. The molecule has 2 N–H and O–H groups in total. The summed E-state index contributed by atoms with van der Waals surface area (Å²) < 4.78 is 2.02. The van der Waals surface area contributed by atoms with Gasteiger partial charge in [0.2, 0.25) is 0 Å². The van der Waals surface area contributed by atoms with E-state index >= 15 is 0 Å². The maximum atomic E-state index is 4.22. The molecule has 6 heteroatoms. The highest BCUT2D eigenvalue weighted by Crippen LogP contribution is 2.08. The first-order chi connectivity index (χ1) is 9.75. The van der Waals surface area contributed by atoms with Crippen LogP contribution in [0.5, 0.6) is 0 Å². The van der Waals surface area contributed by atoms with E-state index in [4.69, 9.17) is 0 Å². The van der Waals surface area contributed by atoms with Crippen LogP contribution in [0.2, 0.25) is 0 Å². The van der Waals surface area contributed by atoms with Crippen molar-refractivity contribution >= 4 is 5.65 Å². The molecule has 3 aromatic heterocycles. The molecule has 0 atom stereocenters. The summed E-state index contributed by atoms with van der Waals surface area (Å²) in [6.45, 7) is 5.75. The third-order valence-corrected chi connectivity index (χ3v) is 3.49. The number of aromatic amines is 1. The van der Waals surface area contributed by atoms with E-state index in [1.54, 1.807) is 0 Å². The molecule has 104 valence electrons. The van der Waals surface area contributed by atoms with Gasteiger partial charge in [0.05, 0.1) is 5.69 Å². The number of H-pyrrole nitrogens is 1. The van der Waals surface area contributed by atoms with Crippen LogP contribution in [0.3, 0.4) is 0 Å². The number of pyridine rings is 1. The van der Waals surface area contributed by atoms with E-state index in [0.717, 1.165) is 42.4 Å². The van der Waals surface area contributed by atoms with Gasteiger partial charge in [-0.15, -0.1) is 10.2 Å². The van der Waals surface area contributed by atoms with E-state index in [-0.39, 0.29) is 0 Å². The van der Waals surface area contributed by atoms with Gasteiger partial charge in [0.15, 0.2) is 5.65 Å². The van der Waals surface area contributed by atoms with Crippen LogP contribution in [0.4, 0.5) is 0 Å². The number of aromatic nitrogens is 5. The van der Waals surface area contributed by atoms with Crippen molar-refractivity contribution in [2.24, 2.45) is 0 Å². The minimum Gasteiger partial charge on any atom is -0.312 e. The van der Waals surface area contributed by atoms with Crippen LogP contribution in [-0.4, -0.2) is 31.3 Å². The fourth-order valence-electron chi connectivity index (χ4n) is 2.31. The van der Waals surface area contributed by atoms with Crippen molar-refractivity contribution in [3.05, 3.63) is 47.2 Å². The fraction of sp³-hybridized carbons (Fsp3) is 0.357. The Hall–Kier alpha value is -2.21. The Kier molecular flexibility index (Phi) is 3.47. The molecule has 0 aliphatic carbocycles. The molecule has 0 saturated carbocycles. The van der Waals surface area contributed by atoms with Crippen LogP contribution in [0, 0.1) is 13.8 Å². The Morgan fingerprint density at radius 3 is 2.95 bits per heavy atom. The molecule has 0 aliphatic rings. The Balaban J connectivity index is 1.58. The van der Waals surface area contributed by atoms with Crippen LogP contribution in [0.1, 0.15) is 22.8 Å². The Bertz CT molecular complexity index is 692. The van der Waals surface area contributed by atoms with E-state index in [1.807, 2.05) is 42.6 Å². The summed E-state index contributed by atoms with van der Waals surface area (Å²) in [4.78, 5) is 0. The molecule has 3 aromatic rings. The van der Waals surface area contributed by atoms with Gasteiger partial charge in [-0.1, -0.05) is 6.07 Å². The van der Waals surface area contributed by atoms with Gasteiger partial charge < -0.3 is 5.32 Å². The molecule has 0 fully saturated rings. The summed E-state index contributed by atoms with van der Waals surface area (Å²) in [5.41, 5.74) is 4.32. The van der Waals surface area contributed by atoms with Crippen molar-refractivity contribution in [3.8, 4) is 0 Å². The minimum absolute atomic E-state index is 0.824. The van der Waals surface area contributed by atoms with Gasteiger partial charge in [-0.25, -0.2) is 0 Å². The normalized spacial score (nSPS) is 11.3. The number of aryl methyl sites for hydroxylation is 2.